The monoisotopic (exact) mass is 307 g/mol. The first-order valence-electron chi connectivity index (χ1n) is 7.06. The van der Waals surface area contributed by atoms with Crippen molar-refractivity contribution in [2.24, 2.45) is 5.10 Å². The summed E-state index contributed by atoms with van der Waals surface area (Å²) in [5, 5.41) is 3.96. The molecule has 0 aliphatic rings. The van der Waals surface area contributed by atoms with Crippen LogP contribution in [0.25, 0.3) is 5.69 Å². The van der Waals surface area contributed by atoms with Crippen molar-refractivity contribution < 1.29 is 9.18 Å². The number of amides is 1. The first kappa shape index (κ1) is 14.7. The maximum atomic E-state index is 12.8. The van der Waals surface area contributed by atoms with Gasteiger partial charge >= 0.3 is 0 Å². The van der Waals surface area contributed by atoms with E-state index in [4.69, 9.17) is 0 Å². The van der Waals surface area contributed by atoms with Crippen molar-refractivity contribution in [3.8, 4) is 5.69 Å². The number of benzene rings is 2. The van der Waals surface area contributed by atoms with Gasteiger partial charge in [0.1, 0.15) is 5.82 Å². The largest absolute Gasteiger partial charge is 0.316 e. The van der Waals surface area contributed by atoms with Gasteiger partial charge < -0.3 is 4.57 Å². The molecule has 0 aliphatic heterocycles. The molecule has 5 heteroatoms. The molecular formula is C18H14FN3O. The van der Waals surface area contributed by atoms with Crippen molar-refractivity contribution in [3.05, 3.63) is 90.0 Å². The summed E-state index contributed by atoms with van der Waals surface area (Å²) in [5.74, 6) is -0.773. The van der Waals surface area contributed by atoms with E-state index in [1.165, 1.54) is 24.3 Å². The lowest BCUT2D eigenvalue weighted by Gasteiger charge is -2.05. The van der Waals surface area contributed by atoms with E-state index in [9.17, 15) is 9.18 Å². The topological polar surface area (TPSA) is 46.4 Å². The molecule has 1 amide bonds. The minimum absolute atomic E-state index is 0.349. The van der Waals surface area contributed by atoms with Crippen molar-refractivity contribution in [1.29, 1.82) is 0 Å². The summed E-state index contributed by atoms with van der Waals surface area (Å²) in [5.41, 5.74) is 4.61. The van der Waals surface area contributed by atoms with E-state index in [-0.39, 0.29) is 11.7 Å². The number of rotatable bonds is 4. The van der Waals surface area contributed by atoms with Crippen molar-refractivity contribution in [2.45, 2.75) is 0 Å². The zero-order valence-electron chi connectivity index (χ0n) is 12.2. The number of carbonyl (C=O) groups excluding carboxylic acids is 1. The average molecular weight is 307 g/mol. The van der Waals surface area contributed by atoms with Crippen molar-refractivity contribution >= 4 is 12.1 Å². The predicted molar refractivity (Wildman–Crippen MR) is 87.2 cm³/mol. The second-order valence-corrected chi connectivity index (χ2v) is 4.84. The Morgan fingerprint density at radius 3 is 2.48 bits per heavy atom. The summed E-state index contributed by atoms with van der Waals surface area (Å²) in [7, 11) is 0. The predicted octanol–water partition coefficient (Wildman–Crippen LogP) is 3.38. The third-order valence-corrected chi connectivity index (χ3v) is 3.28. The molecule has 0 spiro atoms. The van der Waals surface area contributed by atoms with E-state index < -0.39 is 0 Å². The van der Waals surface area contributed by atoms with E-state index in [1.807, 2.05) is 53.2 Å². The van der Waals surface area contributed by atoms with Crippen LogP contribution in [0.3, 0.4) is 0 Å². The molecule has 114 valence electrons. The van der Waals surface area contributed by atoms with Gasteiger partial charge in [-0.05, 0) is 48.5 Å². The Bertz CT molecular complexity index is 823. The highest BCUT2D eigenvalue weighted by molar-refractivity contribution is 5.94. The molecule has 0 fully saturated rings. The standard InChI is InChI=1S/C18H14FN3O/c19-15-10-8-14(9-11-15)18(23)21-20-13-17-7-4-12-22(17)16-5-2-1-3-6-16/h1-13H,(H,21,23)/b20-13+. The number of hydrazone groups is 1. The number of halogens is 1. The van der Waals surface area contributed by atoms with Crippen LogP contribution in [-0.4, -0.2) is 16.7 Å². The molecule has 23 heavy (non-hydrogen) atoms. The molecule has 0 saturated carbocycles. The van der Waals surface area contributed by atoms with Crippen molar-refractivity contribution in [2.75, 3.05) is 0 Å². The van der Waals surface area contributed by atoms with Gasteiger partial charge in [-0.25, -0.2) is 9.82 Å². The molecule has 0 saturated heterocycles. The number of aromatic nitrogens is 1. The lowest BCUT2D eigenvalue weighted by atomic mass is 10.2. The first-order valence-corrected chi connectivity index (χ1v) is 7.06. The summed E-state index contributed by atoms with van der Waals surface area (Å²) >= 11 is 0. The van der Waals surface area contributed by atoms with Gasteiger partial charge in [0, 0.05) is 17.4 Å². The smallest absolute Gasteiger partial charge is 0.271 e. The maximum absolute atomic E-state index is 12.8. The van der Waals surface area contributed by atoms with Crippen molar-refractivity contribution in [3.63, 3.8) is 0 Å². The van der Waals surface area contributed by atoms with Crippen LogP contribution in [0, 0.1) is 5.82 Å². The van der Waals surface area contributed by atoms with Crippen LogP contribution in [0.2, 0.25) is 0 Å². The molecule has 1 N–H and O–H groups in total. The van der Waals surface area contributed by atoms with Crippen LogP contribution in [-0.2, 0) is 0 Å². The summed E-state index contributed by atoms with van der Waals surface area (Å²) in [4.78, 5) is 11.9. The lowest BCUT2D eigenvalue weighted by Crippen LogP contribution is -2.17. The Labute approximate surface area is 132 Å². The van der Waals surface area contributed by atoms with E-state index in [0.717, 1.165) is 11.4 Å². The second kappa shape index (κ2) is 6.70. The third kappa shape index (κ3) is 3.52. The Morgan fingerprint density at radius 2 is 1.74 bits per heavy atom. The molecule has 0 unspecified atom stereocenters. The van der Waals surface area contributed by atoms with Gasteiger partial charge in [-0.15, -0.1) is 0 Å². The molecule has 0 radical (unpaired) electrons. The molecule has 1 heterocycles. The quantitative estimate of drug-likeness (QED) is 0.583. The highest BCUT2D eigenvalue weighted by Gasteiger charge is 2.04. The number of para-hydroxylation sites is 1. The summed E-state index contributed by atoms with van der Waals surface area (Å²) in [6.45, 7) is 0. The molecule has 0 aliphatic carbocycles. The first-order chi connectivity index (χ1) is 11.2. The fraction of sp³-hybridized carbons (Fsp3) is 0. The minimum atomic E-state index is -0.390. The number of hydrogen-bond donors (Lipinski definition) is 1. The molecular weight excluding hydrogens is 293 g/mol. The zero-order valence-corrected chi connectivity index (χ0v) is 12.2. The van der Waals surface area contributed by atoms with E-state index in [1.54, 1.807) is 6.21 Å². The van der Waals surface area contributed by atoms with E-state index >= 15 is 0 Å². The lowest BCUT2D eigenvalue weighted by molar-refractivity contribution is 0.0955. The van der Waals surface area contributed by atoms with Gasteiger partial charge in [0.25, 0.3) is 5.91 Å². The van der Waals surface area contributed by atoms with Crippen LogP contribution < -0.4 is 5.43 Å². The zero-order chi connectivity index (χ0) is 16.1. The van der Waals surface area contributed by atoms with E-state index in [0.29, 0.717) is 5.56 Å². The average Bonchev–Trinajstić information content (AvgIpc) is 3.05. The molecule has 0 bridgehead atoms. The molecule has 1 aromatic heterocycles. The molecule has 0 atom stereocenters. The number of nitrogens with zero attached hydrogens (tertiary/aromatic N) is 2. The fourth-order valence-corrected chi connectivity index (χ4v) is 2.15. The molecule has 2 aromatic carbocycles. The summed E-state index contributed by atoms with van der Waals surface area (Å²) < 4.78 is 14.8. The van der Waals surface area contributed by atoms with Gasteiger partial charge in [-0.1, -0.05) is 18.2 Å². The highest BCUT2D eigenvalue weighted by Crippen LogP contribution is 2.10. The fourth-order valence-electron chi connectivity index (χ4n) is 2.15. The maximum Gasteiger partial charge on any atom is 0.271 e. The molecule has 3 aromatic rings. The molecule has 4 nitrogen and oxygen atoms in total. The van der Waals surface area contributed by atoms with Gasteiger partial charge in [-0.2, -0.15) is 5.10 Å². The molecule has 3 rings (SSSR count). The third-order valence-electron chi connectivity index (χ3n) is 3.28. The Morgan fingerprint density at radius 1 is 1.00 bits per heavy atom. The Balaban J connectivity index is 1.71. The van der Waals surface area contributed by atoms with Gasteiger partial charge in [-0.3, -0.25) is 4.79 Å². The van der Waals surface area contributed by atoms with Crippen LogP contribution >= 0.6 is 0 Å². The minimum Gasteiger partial charge on any atom is -0.316 e. The van der Waals surface area contributed by atoms with Gasteiger partial charge in [0.05, 0.1) is 11.9 Å². The highest BCUT2D eigenvalue weighted by atomic mass is 19.1. The van der Waals surface area contributed by atoms with E-state index in [2.05, 4.69) is 10.5 Å². The van der Waals surface area contributed by atoms with Crippen LogP contribution in [0.15, 0.2) is 78.0 Å². The summed E-state index contributed by atoms with van der Waals surface area (Å²) in [6, 6.07) is 18.9. The number of carbonyl (C=O) groups is 1. The Hall–Kier alpha value is -3.21. The number of nitrogens with one attached hydrogen (secondary N) is 1. The number of hydrogen-bond acceptors (Lipinski definition) is 2. The summed E-state index contributed by atoms with van der Waals surface area (Å²) in [6.07, 6.45) is 3.48. The van der Waals surface area contributed by atoms with Crippen LogP contribution in [0.5, 0.6) is 0 Å². The Kier molecular flexibility index (Phi) is 4.29. The van der Waals surface area contributed by atoms with Gasteiger partial charge in [0.2, 0.25) is 0 Å². The van der Waals surface area contributed by atoms with Gasteiger partial charge in [0.15, 0.2) is 0 Å². The van der Waals surface area contributed by atoms with Crippen LogP contribution in [0.1, 0.15) is 16.1 Å². The van der Waals surface area contributed by atoms with Crippen molar-refractivity contribution in [1.82, 2.24) is 9.99 Å². The second-order valence-electron chi connectivity index (χ2n) is 4.84. The van der Waals surface area contributed by atoms with Crippen LogP contribution in [0.4, 0.5) is 4.39 Å². The normalized spacial score (nSPS) is 10.8. The SMILES string of the molecule is O=C(N/N=C/c1cccn1-c1ccccc1)c1ccc(F)cc1.